The highest BCUT2D eigenvalue weighted by atomic mass is 79.9. The molecule has 0 radical (unpaired) electrons. The quantitative estimate of drug-likeness (QED) is 0.590. The fourth-order valence-electron chi connectivity index (χ4n) is 2.42. The number of hydrogen-bond donors (Lipinski definition) is 1. The summed E-state index contributed by atoms with van der Waals surface area (Å²) in [5.41, 5.74) is 2.04. The molecule has 2 heterocycles. The standard InChI is InChI=1S/C17H11BrN4O/c18-12-8-6-11(7-9-12)15-20-16-14(17(23)21-15)10-19-22(16)13-4-2-1-3-5-13/h1-10H,(H,20,21,23). The Morgan fingerprint density at radius 2 is 1.74 bits per heavy atom. The summed E-state index contributed by atoms with van der Waals surface area (Å²) < 4.78 is 2.64. The molecule has 0 unspecified atom stereocenters. The van der Waals surface area contributed by atoms with E-state index in [0.717, 1.165) is 15.7 Å². The number of H-pyrrole nitrogens is 1. The van der Waals surface area contributed by atoms with Crippen molar-refractivity contribution in [2.45, 2.75) is 0 Å². The van der Waals surface area contributed by atoms with Gasteiger partial charge < -0.3 is 4.98 Å². The van der Waals surface area contributed by atoms with Crippen molar-refractivity contribution in [1.82, 2.24) is 19.7 Å². The van der Waals surface area contributed by atoms with Gasteiger partial charge in [-0.15, -0.1) is 0 Å². The van der Waals surface area contributed by atoms with Crippen LogP contribution in [0, 0.1) is 0 Å². The summed E-state index contributed by atoms with van der Waals surface area (Å²) in [5, 5.41) is 4.77. The zero-order chi connectivity index (χ0) is 15.8. The van der Waals surface area contributed by atoms with Crippen molar-refractivity contribution in [2.24, 2.45) is 0 Å². The zero-order valence-corrected chi connectivity index (χ0v) is 13.5. The van der Waals surface area contributed by atoms with E-state index in [1.54, 1.807) is 10.9 Å². The van der Waals surface area contributed by atoms with Crippen LogP contribution in [0.5, 0.6) is 0 Å². The molecule has 0 amide bonds. The van der Waals surface area contributed by atoms with E-state index in [1.807, 2.05) is 54.6 Å². The van der Waals surface area contributed by atoms with E-state index in [-0.39, 0.29) is 5.56 Å². The van der Waals surface area contributed by atoms with Crippen molar-refractivity contribution >= 4 is 27.0 Å². The van der Waals surface area contributed by atoms with Crippen molar-refractivity contribution in [3.8, 4) is 17.1 Å². The number of nitrogens with one attached hydrogen (secondary N) is 1. The van der Waals surface area contributed by atoms with E-state index in [1.165, 1.54) is 0 Å². The average molecular weight is 367 g/mol. The molecule has 2 aromatic heterocycles. The maximum absolute atomic E-state index is 12.3. The second-order valence-electron chi connectivity index (χ2n) is 5.05. The largest absolute Gasteiger partial charge is 0.306 e. The fraction of sp³-hybridized carbons (Fsp3) is 0. The fourth-order valence-corrected chi connectivity index (χ4v) is 2.69. The summed E-state index contributed by atoms with van der Waals surface area (Å²) in [6.07, 6.45) is 1.54. The van der Waals surface area contributed by atoms with E-state index < -0.39 is 0 Å². The van der Waals surface area contributed by atoms with Gasteiger partial charge >= 0.3 is 0 Å². The Kier molecular flexibility index (Phi) is 3.31. The van der Waals surface area contributed by atoms with E-state index in [9.17, 15) is 4.79 Å². The van der Waals surface area contributed by atoms with Crippen LogP contribution >= 0.6 is 15.9 Å². The maximum atomic E-state index is 12.3. The van der Waals surface area contributed by atoms with Gasteiger partial charge in [-0.25, -0.2) is 9.67 Å². The Hall–Kier alpha value is -2.73. The molecule has 0 aliphatic heterocycles. The summed E-state index contributed by atoms with van der Waals surface area (Å²) in [4.78, 5) is 19.7. The average Bonchev–Trinajstić information content (AvgIpc) is 3.01. The van der Waals surface area contributed by atoms with Crippen molar-refractivity contribution < 1.29 is 0 Å². The van der Waals surface area contributed by atoms with E-state index in [0.29, 0.717) is 16.9 Å². The van der Waals surface area contributed by atoms with Crippen molar-refractivity contribution in [1.29, 1.82) is 0 Å². The van der Waals surface area contributed by atoms with Crippen LogP contribution in [0.2, 0.25) is 0 Å². The first kappa shape index (κ1) is 13.9. The summed E-state index contributed by atoms with van der Waals surface area (Å²) in [6, 6.07) is 17.3. The predicted molar refractivity (Wildman–Crippen MR) is 92.6 cm³/mol. The minimum atomic E-state index is -0.199. The van der Waals surface area contributed by atoms with Crippen LogP contribution in [0.4, 0.5) is 0 Å². The zero-order valence-electron chi connectivity index (χ0n) is 11.9. The maximum Gasteiger partial charge on any atom is 0.262 e. The third kappa shape index (κ3) is 2.47. The summed E-state index contributed by atoms with van der Waals surface area (Å²) in [5.74, 6) is 0.521. The molecule has 4 rings (SSSR count). The molecule has 1 N–H and O–H groups in total. The lowest BCUT2D eigenvalue weighted by atomic mass is 10.2. The first-order valence-corrected chi connectivity index (χ1v) is 7.81. The van der Waals surface area contributed by atoms with Crippen LogP contribution in [0.1, 0.15) is 0 Å². The molecule has 0 spiro atoms. The molecule has 2 aromatic carbocycles. The van der Waals surface area contributed by atoms with E-state index in [4.69, 9.17) is 0 Å². The molecule has 0 saturated heterocycles. The van der Waals surface area contributed by atoms with Crippen LogP contribution < -0.4 is 5.56 Å². The van der Waals surface area contributed by atoms with Gasteiger partial charge in [0.05, 0.1) is 11.9 Å². The SMILES string of the molecule is O=c1[nH]c(-c2ccc(Br)cc2)nc2c1cnn2-c1ccccc1. The summed E-state index contributed by atoms with van der Waals surface area (Å²) in [7, 11) is 0. The van der Waals surface area contributed by atoms with Crippen LogP contribution in [0.15, 0.2) is 70.1 Å². The first-order valence-electron chi connectivity index (χ1n) is 7.02. The lowest BCUT2D eigenvalue weighted by Gasteiger charge is -2.05. The van der Waals surface area contributed by atoms with Gasteiger partial charge in [-0.2, -0.15) is 5.10 Å². The molecular formula is C17H11BrN4O. The second kappa shape index (κ2) is 5.48. The number of benzene rings is 2. The van der Waals surface area contributed by atoms with Gasteiger partial charge in [-0.1, -0.05) is 46.3 Å². The highest BCUT2D eigenvalue weighted by Gasteiger charge is 2.12. The van der Waals surface area contributed by atoms with Crippen molar-refractivity contribution in [2.75, 3.05) is 0 Å². The molecule has 23 heavy (non-hydrogen) atoms. The number of para-hydroxylation sites is 1. The van der Waals surface area contributed by atoms with Crippen LogP contribution in [0.3, 0.4) is 0 Å². The third-order valence-electron chi connectivity index (χ3n) is 3.56. The van der Waals surface area contributed by atoms with Crippen LogP contribution in [-0.4, -0.2) is 19.7 Å². The monoisotopic (exact) mass is 366 g/mol. The molecule has 0 aliphatic rings. The minimum absolute atomic E-state index is 0.199. The molecule has 5 nitrogen and oxygen atoms in total. The van der Waals surface area contributed by atoms with Crippen LogP contribution in [-0.2, 0) is 0 Å². The van der Waals surface area contributed by atoms with Crippen LogP contribution in [0.25, 0.3) is 28.1 Å². The number of hydrogen-bond acceptors (Lipinski definition) is 3. The van der Waals surface area contributed by atoms with Gasteiger partial charge in [0.15, 0.2) is 5.65 Å². The Bertz CT molecular complexity index is 1040. The first-order chi connectivity index (χ1) is 11.2. The highest BCUT2D eigenvalue weighted by molar-refractivity contribution is 9.10. The van der Waals surface area contributed by atoms with E-state index >= 15 is 0 Å². The number of nitrogens with zero attached hydrogens (tertiary/aromatic N) is 3. The van der Waals surface area contributed by atoms with Gasteiger partial charge in [0.1, 0.15) is 11.2 Å². The normalized spacial score (nSPS) is 11.0. The number of fused-ring (bicyclic) bond motifs is 1. The Morgan fingerprint density at radius 1 is 1.00 bits per heavy atom. The van der Waals surface area contributed by atoms with Gasteiger partial charge in [0.2, 0.25) is 0 Å². The second-order valence-corrected chi connectivity index (χ2v) is 5.97. The van der Waals surface area contributed by atoms with Gasteiger partial charge in [0, 0.05) is 10.0 Å². The van der Waals surface area contributed by atoms with E-state index in [2.05, 4.69) is 31.0 Å². The molecule has 0 bridgehead atoms. The molecule has 6 heteroatoms. The molecule has 0 atom stereocenters. The molecule has 0 saturated carbocycles. The lowest BCUT2D eigenvalue weighted by Crippen LogP contribution is -2.10. The van der Waals surface area contributed by atoms with Gasteiger partial charge in [0.25, 0.3) is 5.56 Å². The number of rotatable bonds is 2. The predicted octanol–water partition coefficient (Wildman–Crippen LogP) is 3.54. The minimum Gasteiger partial charge on any atom is -0.306 e. The Labute approximate surface area is 139 Å². The highest BCUT2D eigenvalue weighted by Crippen LogP contribution is 2.20. The molecule has 112 valence electrons. The topological polar surface area (TPSA) is 63.6 Å². The third-order valence-corrected chi connectivity index (χ3v) is 4.09. The molecule has 0 fully saturated rings. The lowest BCUT2D eigenvalue weighted by molar-refractivity contribution is 0.895. The van der Waals surface area contributed by atoms with Gasteiger partial charge in [-0.3, -0.25) is 4.79 Å². The smallest absolute Gasteiger partial charge is 0.262 e. The van der Waals surface area contributed by atoms with Crippen molar-refractivity contribution in [3.05, 3.63) is 75.6 Å². The summed E-state index contributed by atoms with van der Waals surface area (Å²) in [6.45, 7) is 0. The number of aromatic nitrogens is 4. The summed E-state index contributed by atoms with van der Waals surface area (Å²) >= 11 is 3.40. The number of halogens is 1. The molecule has 4 aromatic rings. The molecule has 0 aliphatic carbocycles. The van der Waals surface area contributed by atoms with Crippen molar-refractivity contribution in [3.63, 3.8) is 0 Å². The van der Waals surface area contributed by atoms with Gasteiger partial charge in [-0.05, 0) is 24.3 Å². The Morgan fingerprint density at radius 3 is 2.48 bits per heavy atom. The number of aromatic amines is 1. The Balaban J connectivity index is 1.95. The molecular weight excluding hydrogens is 356 g/mol.